The van der Waals surface area contributed by atoms with E-state index in [0.717, 1.165) is 27.0 Å². The van der Waals surface area contributed by atoms with Crippen molar-refractivity contribution in [2.24, 2.45) is 0 Å². The highest BCUT2D eigenvalue weighted by Crippen LogP contribution is 2.21. The topological polar surface area (TPSA) is 32.3 Å². The normalized spacial score (nSPS) is 10.3. The fourth-order valence-corrected chi connectivity index (χ4v) is 2.84. The van der Waals surface area contributed by atoms with Crippen LogP contribution in [0.2, 0.25) is 5.02 Å². The Morgan fingerprint density at radius 3 is 2.32 bits per heavy atom. The minimum absolute atomic E-state index is 0.0269. The van der Waals surface area contributed by atoms with Gasteiger partial charge in [-0.3, -0.25) is 4.79 Å². The smallest absolute Gasteiger partial charge is 0.225 e. The van der Waals surface area contributed by atoms with Crippen LogP contribution in [0.4, 0.5) is 11.4 Å². The number of thioether (sulfide) groups is 1. The summed E-state index contributed by atoms with van der Waals surface area (Å²) in [4.78, 5) is 15.1. The van der Waals surface area contributed by atoms with Crippen molar-refractivity contribution in [2.45, 2.75) is 11.3 Å². The van der Waals surface area contributed by atoms with Crippen LogP contribution in [0.25, 0.3) is 0 Å². The number of benzene rings is 2. The summed E-state index contributed by atoms with van der Waals surface area (Å²) in [7, 11) is 3.98. The second kappa shape index (κ2) is 8.11. The molecule has 0 bridgehead atoms. The van der Waals surface area contributed by atoms with E-state index in [2.05, 4.69) is 5.32 Å². The summed E-state index contributed by atoms with van der Waals surface area (Å²) in [5.74, 6) is 0.766. The fraction of sp³-hybridized carbons (Fsp3) is 0.235. The first-order chi connectivity index (χ1) is 10.5. The molecule has 0 aromatic heterocycles. The van der Waals surface area contributed by atoms with E-state index in [1.165, 1.54) is 0 Å². The molecule has 0 aliphatic rings. The summed E-state index contributed by atoms with van der Waals surface area (Å²) in [6.45, 7) is 0. The molecule has 0 heterocycles. The zero-order chi connectivity index (χ0) is 15.9. The van der Waals surface area contributed by atoms with Crippen molar-refractivity contribution >= 4 is 40.6 Å². The standard InChI is InChI=1S/C17H19ClN2OS/c1-20(2)15-7-5-14(6-8-15)19-17(21)11-12-22-16-9-3-13(18)4-10-16/h3-10H,11-12H2,1-2H3,(H,19,21). The molecule has 0 aliphatic heterocycles. The molecule has 0 saturated carbocycles. The van der Waals surface area contributed by atoms with Gasteiger partial charge in [0.2, 0.25) is 5.91 Å². The Bertz CT molecular complexity index is 612. The van der Waals surface area contributed by atoms with E-state index in [-0.39, 0.29) is 5.91 Å². The second-order valence-corrected chi connectivity index (χ2v) is 6.65. The Hall–Kier alpha value is -1.65. The fourth-order valence-electron chi connectivity index (χ4n) is 1.86. The van der Waals surface area contributed by atoms with Gasteiger partial charge in [-0.25, -0.2) is 0 Å². The maximum absolute atomic E-state index is 11.9. The number of halogens is 1. The lowest BCUT2D eigenvalue weighted by Gasteiger charge is -2.13. The molecule has 3 nitrogen and oxygen atoms in total. The number of rotatable bonds is 6. The highest BCUT2D eigenvalue weighted by molar-refractivity contribution is 7.99. The first kappa shape index (κ1) is 16.7. The van der Waals surface area contributed by atoms with Gasteiger partial charge in [-0.2, -0.15) is 0 Å². The molecule has 0 unspecified atom stereocenters. The van der Waals surface area contributed by atoms with Crippen LogP contribution >= 0.6 is 23.4 Å². The summed E-state index contributed by atoms with van der Waals surface area (Å²) in [6, 6.07) is 15.4. The van der Waals surface area contributed by atoms with E-state index in [0.29, 0.717) is 6.42 Å². The van der Waals surface area contributed by atoms with Gasteiger partial charge >= 0.3 is 0 Å². The molecule has 2 aromatic carbocycles. The quantitative estimate of drug-likeness (QED) is 0.788. The molecular weight excluding hydrogens is 316 g/mol. The highest BCUT2D eigenvalue weighted by Gasteiger charge is 2.04. The lowest BCUT2D eigenvalue weighted by molar-refractivity contribution is -0.115. The summed E-state index contributed by atoms with van der Waals surface area (Å²) in [5, 5.41) is 3.64. The van der Waals surface area contributed by atoms with Gasteiger partial charge in [-0.05, 0) is 48.5 Å². The number of nitrogens with one attached hydrogen (secondary N) is 1. The molecule has 0 aliphatic carbocycles. The monoisotopic (exact) mass is 334 g/mol. The van der Waals surface area contributed by atoms with E-state index in [4.69, 9.17) is 11.6 Å². The first-order valence-corrected chi connectivity index (χ1v) is 8.36. The number of nitrogens with zero attached hydrogens (tertiary/aromatic N) is 1. The van der Waals surface area contributed by atoms with Gasteiger partial charge in [0.1, 0.15) is 0 Å². The van der Waals surface area contributed by atoms with Gasteiger partial charge in [-0.15, -0.1) is 11.8 Å². The van der Waals surface area contributed by atoms with Crippen molar-refractivity contribution in [1.29, 1.82) is 0 Å². The van der Waals surface area contributed by atoms with Gasteiger partial charge in [0.05, 0.1) is 0 Å². The minimum atomic E-state index is 0.0269. The van der Waals surface area contributed by atoms with Crippen molar-refractivity contribution < 1.29 is 4.79 Å². The molecule has 2 aromatic rings. The number of carbonyl (C=O) groups excluding carboxylic acids is 1. The molecule has 0 saturated heterocycles. The van der Waals surface area contributed by atoms with Crippen LogP contribution in [0.15, 0.2) is 53.4 Å². The summed E-state index contributed by atoms with van der Waals surface area (Å²) < 4.78 is 0. The third-order valence-electron chi connectivity index (χ3n) is 3.08. The van der Waals surface area contributed by atoms with Gasteiger partial charge < -0.3 is 10.2 Å². The largest absolute Gasteiger partial charge is 0.378 e. The number of carbonyl (C=O) groups is 1. The number of hydrogen-bond donors (Lipinski definition) is 1. The van der Waals surface area contributed by atoms with Crippen molar-refractivity contribution in [2.75, 3.05) is 30.1 Å². The Kier molecular flexibility index (Phi) is 6.16. The summed E-state index contributed by atoms with van der Waals surface area (Å²) in [5.41, 5.74) is 1.93. The van der Waals surface area contributed by atoms with E-state index < -0.39 is 0 Å². The molecule has 22 heavy (non-hydrogen) atoms. The predicted octanol–water partition coefficient (Wildman–Crippen LogP) is 4.53. The molecule has 0 spiro atoms. The average molecular weight is 335 g/mol. The van der Waals surface area contributed by atoms with Crippen LogP contribution in [0.5, 0.6) is 0 Å². The molecule has 0 atom stereocenters. The van der Waals surface area contributed by atoms with Crippen molar-refractivity contribution in [3.63, 3.8) is 0 Å². The van der Waals surface area contributed by atoms with Crippen LogP contribution in [-0.2, 0) is 4.79 Å². The molecule has 116 valence electrons. The molecule has 1 amide bonds. The Morgan fingerprint density at radius 2 is 1.73 bits per heavy atom. The van der Waals surface area contributed by atoms with Crippen LogP contribution in [0, 0.1) is 0 Å². The molecule has 0 fully saturated rings. The van der Waals surface area contributed by atoms with E-state index >= 15 is 0 Å². The maximum atomic E-state index is 11.9. The maximum Gasteiger partial charge on any atom is 0.225 e. The van der Waals surface area contributed by atoms with Crippen molar-refractivity contribution in [3.8, 4) is 0 Å². The highest BCUT2D eigenvalue weighted by atomic mass is 35.5. The zero-order valence-electron chi connectivity index (χ0n) is 12.7. The van der Waals surface area contributed by atoms with Crippen LogP contribution < -0.4 is 10.2 Å². The summed E-state index contributed by atoms with van der Waals surface area (Å²) in [6.07, 6.45) is 0.475. The van der Waals surface area contributed by atoms with E-state index in [1.54, 1.807) is 11.8 Å². The second-order valence-electron chi connectivity index (χ2n) is 5.04. The van der Waals surface area contributed by atoms with E-state index in [1.807, 2.05) is 67.5 Å². The average Bonchev–Trinajstić information content (AvgIpc) is 2.50. The van der Waals surface area contributed by atoms with Crippen LogP contribution in [0.1, 0.15) is 6.42 Å². The lowest BCUT2D eigenvalue weighted by Crippen LogP contribution is -2.12. The Labute approximate surface area is 140 Å². The van der Waals surface area contributed by atoms with Crippen LogP contribution in [-0.4, -0.2) is 25.8 Å². The number of anilines is 2. The van der Waals surface area contributed by atoms with E-state index in [9.17, 15) is 4.79 Å². The van der Waals surface area contributed by atoms with Crippen LogP contribution in [0.3, 0.4) is 0 Å². The first-order valence-electron chi connectivity index (χ1n) is 7.00. The zero-order valence-corrected chi connectivity index (χ0v) is 14.2. The third-order valence-corrected chi connectivity index (χ3v) is 4.34. The van der Waals surface area contributed by atoms with Crippen molar-refractivity contribution in [1.82, 2.24) is 0 Å². The number of hydrogen-bond acceptors (Lipinski definition) is 3. The molecule has 1 N–H and O–H groups in total. The van der Waals surface area contributed by atoms with Crippen molar-refractivity contribution in [3.05, 3.63) is 53.6 Å². The number of amides is 1. The van der Waals surface area contributed by atoms with Gasteiger partial charge in [-0.1, -0.05) is 11.6 Å². The Balaban J connectivity index is 1.76. The molecular formula is C17H19ClN2OS. The van der Waals surface area contributed by atoms with Gasteiger partial charge in [0.25, 0.3) is 0 Å². The lowest BCUT2D eigenvalue weighted by atomic mass is 10.2. The minimum Gasteiger partial charge on any atom is -0.378 e. The third kappa shape index (κ3) is 5.28. The molecule has 2 rings (SSSR count). The predicted molar refractivity (Wildman–Crippen MR) is 96.2 cm³/mol. The molecule has 0 radical (unpaired) electrons. The molecule has 5 heteroatoms. The SMILES string of the molecule is CN(C)c1ccc(NC(=O)CCSc2ccc(Cl)cc2)cc1. The Morgan fingerprint density at radius 1 is 1.09 bits per heavy atom. The summed E-state index contributed by atoms with van der Waals surface area (Å²) >= 11 is 7.49. The van der Waals surface area contributed by atoms with Gasteiger partial charge in [0, 0.05) is 47.6 Å². The van der Waals surface area contributed by atoms with Gasteiger partial charge in [0.15, 0.2) is 0 Å².